The molecule has 0 aromatic heterocycles. The zero-order valence-corrected chi connectivity index (χ0v) is 23.3. The first kappa shape index (κ1) is 27.4. The monoisotopic (exact) mass is 534 g/mol. The number of carbonyl (C=O) groups excluding carboxylic acids is 1. The predicted octanol–water partition coefficient (Wildman–Crippen LogP) is 6.33. The van der Waals surface area contributed by atoms with Gasteiger partial charge in [0.2, 0.25) is 5.17 Å². The molecule has 2 aromatic rings. The summed E-state index contributed by atoms with van der Waals surface area (Å²) in [6.45, 7) is 9.29. The molecule has 2 heterocycles. The zero-order valence-electron chi connectivity index (χ0n) is 22.5. The Morgan fingerprint density at radius 1 is 1.05 bits per heavy atom. The van der Waals surface area contributed by atoms with Gasteiger partial charge in [0.05, 0.1) is 12.7 Å². The molecule has 200 valence electrons. The second kappa shape index (κ2) is 12.3. The second-order valence-electron chi connectivity index (χ2n) is 9.57. The zero-order chi connectivity index (χ0) is 27.2. The van der Waals surface area contributed by atoms with Crippen molar-refractivity contribution < 1.29 is 19.0 Å². The highest BCUT2D eigenvalue weighted by atomic mass is 32.2. The molecule has 1 amide bonds. The van der Waals surface area contributed by atoms with Crippen molar-refractivity contribution in [1.29, 1.82) is 5.41 Å². The van der Waals surface area contributed by atoms with Crippen LogP contribution in [0.3, 0.4) is 0 Å². The molecule has 0 bridgehead atoms. The fraction of sp³-hybridized carbons (Fsp3) is 0.379. The summed E-state index contributed by atoms with van der Waals surface area (Å²) in [6, 6.07) is 13.5. The normalized spacial score (nSPS) is 16.9. The molecule has 0 saturated heterocycles. The van der Waals surface area contributed by atoms with Gasteiger partial charge in [-0.1, -0.05) is 52.0 Å². The highest BCUT2D eigenvalue weighted by Gasteiger charge is 2.35. The van der Waals surface area contributed by atoms with Gasteiger partial charge in [0.1, 0.15) is 24.0 Å². The number of amides is 1. The van der Waals surface area contributed by atoms with E-state index in [0.29, 0.717) is 47.3 Å². The lowest BCUT2D eigenvalue weighted by Crippen LogP contribution is -2.35. The summed E-state index contributed by atoms with van der Waals surface area (Å²) in [4.78, 5) is 16.9. The van der Waals surface area contributed by atoms with Gasteiger partial charge in [0.15, 0.2) is 17.3 Å². The quantitative estimate of drug-likeness (QED) is 0.267. The molecule has 0 unspecified atom stereocenters. The van der Waals surface area contributed by atoms with Crippen LogP contribution in [0.4, 0.5) is 0 Å². The number of hydrogen-bond donors (Lipinski definition) is 1. The number of carbonyl (C=O) groups is 1. The average molecular weight is 535 g/mol. The van der Waals surface area contributed by atoms with Gasteiger partial charge in [-0.3, -0.25) is 10.2 Å². The maximum Gasteiger partial charge on any atom is 0.283 e. The summed E-state index contributed by atoms with van der Waals surface area (Å²) in [5.74, 6) is 2.36. The largest absolute Gasteiger partial charge is 0.493 e. The number of methoxy groups -OCH3 is 1. The summed E-state index contributed by atoms with van der Waals surface area (Å²) >= 11 is 1.35. The molecular formula is C29H34N4O4S. The topological polar surface area (TPSA) is 96.6 Å². The van der Waals surface area contributed by atoms with Crippen LogP contribution in [0.1, 0.15) is 57.6 Å². The smallest absolute Gasteiger partial charge is 0.283 e. The molecule has 4 rings (SSSR count). The summed E-state index contributed by atoms with van der Waals surface area (Å²) < 4.78 is 17.5. The third-order valence-corrected chi connectivity index (χ3v) is 7.17. The number of hydrazone groups is 1. The van der Waals surface area contributed by atoms with E-state index in [1.807, 2.05) is 24.3 Å². The maximum absolute atomic E-state index is 12.7. The number of amidine groups is 2. The molecule has 8 nitrogen and oxygen atoms in total. The van der Waals surface area contributed by atoms with Crippen molar-refractivity contribution in [3.63, 3.8) is 0 Å². The molecule has 1 atom stereocenters. The molecule has 0 aliphatic carbocycles. The highest BCUT2D eigenvalue weighted by molar-refractivity contribution is 8.26. The first-order valence-electron chi connectivity index (χ1n) is 12.8. The standard InChI is InChI=1S/C29H34N4O4S/c1-6-19(4)21-9-7-8-10-23(21)36-13-14-37-24-12-11-20(17-25(24)35-5)16-22-27(30)33-29(31-28(22)34)38-26(32-33)15-18(2)3/h7-12,16-19,30H,6,13-15H2,1-5H3/b22-16-,30-27?/t19-/m1/s1. The molecule has 1 N–H and O–H groups in total. The summed E-state index contributed by atoms with van der Waals surface area (Å²) in [5.41, 5.74) is 2.06. The van der Waals surface area contributed by atoms with E-state index in [2.05, 4.69) is 43.9 Å². The summed E-state index contributed by atoms with van der Waals surface area (Å²) in [5, 5.41) is 15.8. The van der Waals surface area contributed by atoms with Crippen molar-refractivity contribution in [2.45, 2.75) is 46.5 Å². The molecule has 0 spiro atoms. The fourth-order valence-electron chi connectivity index (χ4n) is 4.07. The molecule has 38 heavy (non-hydrogen) atoms. The molecule has 0 fully saturated rings. The Bertz CT molecular complexity index is 1300. The number of hydrogen-bond acceptors (Lipinski definition) is 7. The Morgan fingerprint density at radius 2 is 1.79 bits per heavy atom. The van der Waals surface area contributed by atoms with E-state index in [-0.39, 0.29) is 11.4 Å². The van der Waals surface area contributed by atoms with Gasteiger partial charge in [0.25, 0.3) is 5.91 Å². The predicted molar refractivity (Wildman–Crippen MR) is 154 cm³/mol. The van der Waals surface area contributed by atoms with E-state index in [4.69, 9.17) is 19.6 Å². The van der Waals surface area contributed by atoms with E-state index in [9.17, 15) is 4.79 Å². The SMILES string of the molecule is CC[C@@H](C)c1ccccc1OCCOc1ccc(/C=C2/C(=N)N3N=C(CC(C)C)SC3=NC2=O)cc1OC. The van der Waals surface area contributed by atoms with Crippen LogP contribution >= 0.6 is 11.8 Å². The number of benzene rings is 2. The van der Waals surface area contributed by atoms with E-state index < -0.39 is 5.91 Å². The number of rotatable bonds is 11. The number of aliphatic imine (C=N–C) groups is 1. The van der Waals surface area contributed by atoms with Crippen molar-refractivity contribution in [3.05, 3.63) is 59.2 Å². The maximum atomic E-state index is 12.7. The number of nitrogens with zero attached hydrogens (tertiary/aromatic N) is 3. The molecule has 2 aliphatic heterocycles. The van der Waals surface area contributed by atoms with Gasteiger partial charge in [0, 0.05) is 6.42 Å². The Hall–Kier alpha value is -3.59. The van der Waals surface area contributed by atoms with E-state index in [0.717, 1.165) is 23.6 Å². The van der Waals surface area contributed by atoms with Crippen LogP contribution in [0.15, 0.2) is 58.1 Å². The minimum absolute atomic E-state index is 0.0142. The minimum atomic E-state index is -0.455. The van der Waals surface area contributed by atoms with Crippen LogP contribution in [0.5, 0.6) is 17.2 Å². The first-order valence-corrected chi connectivity index (χ1v) is 13.6. The van der Waals surface area contributed by atoms with Gasteiger partial charge < -0.3 is 14.2 Å². The van der Waals surface area contributed by atoms with Crippen molar-refractivity contribution >= 4 is 39.8 Å². The van der Waals surface area contributed by atoms with Crippen LogP contribution in [-0.4, -0.2) is 47.3 Å². The van der Waals surface area contributed by atoms with Gasteiger partial charge in [-0.25, -0.2) is 0 Å². The first-order chi connectivity index (χ1) is 18.3. The number of nitrogens with one attached hydrogen (secondary N) is 1. The number of thioether (sulfide) groups is 1. The number of ether oxygens (including phenoxy) is 3. The number of para-hydroxylation sites is 1. The van der Waals surface area contributed by atoms with Crippen molar-refractivity contribution in [2.24, 2.45) is 16.0 Å². The third-order valence-electron chi connectivity index (χ3n) is 6.24. The van der Waals surface area contributed by atoms with Crippen LogP contribution < -0.4 is 14.2 Å². The van der Waals surface area contributed by atoms with Crippen molar-refractivity contribution in [1.82, 2.24) is 5.01 Å². The van der Waals surface area contributed by atoms with Crippen LogP contribution in [-0.2, 0) is 4.79 Å². The lowest BCUT2D eigenvalue weighted by Gasteiger charge is -2.20. The van der Waals surface area contributed by atoms with Crippen molar-refractivity contribution in [2.75, 3.05) is 20.3 Å². The minimum Gasteiger partial charge on any atom is -0.493 e. The van der Waals surface area contributed by atoms with Crippen LogP contribution in [0, 0.1) is 11.3 Å². The third kappa shape index (κ3) is 6.27. The van der Waals surface area contributed by atoms with E-state index in [1.165, 1.54) is 22.3 Å². The van der Waals surface area contributed by atoms with Gasteiger partial charge in [-0.2, -0.15) is 15.1 Å². The fourth-order valence-corrected chi connectivity index (χ4v) is 5.16. The van der Waals surface area contributed by atoms with Gasteiger partial charge in [-0.15, -0.1) is 0 Å². The molecule has 0 saturated carbocycles. The van der Waals surface area contributed by atoms with Crippen LogP contribution in [0.25, 0.3) is 6.08 Å². The Morgan fingerprint density at radius 3 is 2.50 bits per heavy atom. The molecule has 9 heteroatoms. The molecular weight excluding hydrogens is 500 g/mol. The van der Waals surface area contributed by atoms with E-state index >= 15 is 0 Å². The molecule has 0 radical (unpaired) electrons. The molecule has 2 aromatic carbocycles. The van der Waals surface area contributed by atoms with Crippen LogP contribution in [0.2, 0.25) is 0 Å². The summed E-state index contributed by atoms with van der Waals surface area (Å²) in [7, 11) is 1.56. The average Bonchev–Trinajstić information content (AvgIpc) is 3.30. The Kier molecular flexibility index (Phi) is 8.89. The highest BCUT2D eigenvalue weighted by Crippen LogP contribution is 2.33. The molecule has 2 aliphatic rings. The van der Waals surface area contributed by atoms with E-state index in [1.54, 1.807) is 25.3 Å². The summed E-state index contributed by atoms with van der Waals surface area (Å²) in [6.07, 6.45) is 3.44. The van der Waals surface area contributed by atoms with Crippen molar-refractivity contribution in [3.8, 4) is 17.2 Å². The van der Waals surface area contributed by atoms with Gasteiger partial charge in [-0.05, 0) is 65.4 Å². The lowest BCUT2D eigenvalue weighted by molar-refractivity contribution is -0.114. The Labute approximate surface area is 228 Å². The Balaban J connectivity index is 1.42. The number of fused-ring (bicyclic) bond motifs is 1. The van der Waals surface area contributed by atoms with Gasteiger partial charge >= 0.3 is 0 Å². The second-order valence-corrected chi connectivity index (χ2v) is 10.6. The lowest BCUT2D eigenvalue weighted by atomic mass is 9.98.